The maximum atomic E-state index is 4.73. The molecule has 6 rings (SSSR count). The van der Waals surface area contributed by atoms with Gasteiger partial charge in [-0.15, -0.1) is 0 Å². The van der Waals surface area contributed by atoms with Gasteiger partial charge in [0.25, 0.3) is 0 Å². The Labute approximate surface area is 214 Å². The number of benzene rings is 3. The van der Waals surface area contributed by atoms with Crippen molar-refractivity contribution < 1.29 is 0 Å². The van der Waals surface area contributed by atoms with Gasteiger partial charge >= 0.3 is 0 Å². The second-order valence-corrected chi connectivity index (χ2v) is 8.59. The molecule has 0 bridgehead atoms. The molecule has 0 saturated heterocycles. The van der Waals surface area contributed by atoms with E-state index in [-0.39, 0.29) is 6.04 Å². The number of nitrogens with zero attached hydrogens (tertiary/aromatic N) is 6. The molecule has 0 fully saturated rings. The van der Waals surface area contributed by atoms with Gasteiger partial charge in [0.1, 0.15) is 12.1 Å². The number of nitrogens with one attached hydrogen (secondary N) is 2. The molecular weight excluding hydrogens is 460 g/mol. The topological polar surface area (TPSA) is 93.4 Å². The molecule has 0 aliphatic carbocycles. The van der Waals surface area contributed by atoms with E-state index in [4.69, 9.17) is 4.98 Å². The maximum Gasteiger partial charge on any atom is 0.227 e. The van der Waals surface area contributed by atoms with Crippen LogP contribution in [-0.2, 0) is 0 Å². The summed E-state index contributed by atoms with van der Waals surface area (Å²) in [5.41, 5.74) is 5.67. The van der Waals surface area contributed by atoms with Gasteiger partial charge in [-0.2, -0.15) is 4.98 Å². The van der Waals surface area contributed by atoms with Crippen LogP contribution in [0.3, 0.4) is 0 Å². The van der Waals surface area contributed by atoms with Crippen molar-refractivity contribution in [3.05, 3.63) is 115 Å². The van der Waals surface area contributed by atoms with Gasteiger partial charge in [0, 0.05) is 23.6 Å². The van der Waals surface area contributed by atoms with Crippen molar-refractivity contribution in [1.82, 2.24) is 29.5 Å². The van der Waals surface area contributed by atoms with Gasteiger partial charge in [0.05, 0.1) is 22.8 Å². The molecular formula is C29H24N8. The normalized spacial score (nSPS) is 11.8. The van der Waals surface area contributed by atoms with Crippen molar-refractivity contribution in [3.8, 4) is 17.1 Å². The van der Waals surface area contributed by atoms with Crippen LogP contribution in [0.2, 0.25) is 0 Å². The highest BCUT2D eigenvalue weighted by molar-refractivity contribution is 5.82. The molecule has 3 heterocycles. The van der Waals surface area contributed by atoms with E-state index in [9.17, 15) is 0 Å². The minimum atomic E-state index is 0.0765. The van der Waals surface area contributed by atoms with Crippen LogP contribution >= 0.6 is 0 Å². The average molecular weight is 485 g/mol. The molecule has 6 aromatic rings. The number of rotatable bonds is 7. The minimum Gasteiger partial charge on any atom is -0.348 e. The van der Waals surface area contributed by atoms with E-state index in [0.29, 0.717) is 11.9 Å². The molecule has 2 N–H and O–H groups in total. The number of fused-ring (bicyclic) bond motifs is 1. The zero-order chi connectivity index (χ0) is 25.0. The van der Waals surface area contributed by atoms with Crippen LogP contribution in [0, 0.1) is 0 Å². The third-order valence-corrected chi connectivity index (χ3v) is 6.06. The largest absolute Gasteiger partial charge is 0.348 e. The Morgan fingerprint density at radius 2 is 1.49 bits per heavy atom. The number of imidazole rings is 1. The standard InChI is InChI=1S/C29H24N8/c1-20(21-8-4-2-5-9-21)33-28-31-17-15-27(36-28)37-19-32-25-18-22(12-13-26(25)37)24-14-16-30-29(35-24)34-23-10-6-3-7-11-23/h2-20H,1H3,(H,30,34,35)(H,31,33,36). The lowest BCUT2D eigenvalue weighted by molar-refractivity contribution is 0.854. The number of hydrogen-bond donors (Lipinski definition) is 2. The lowest BCUT2D eigenvalue weighted by atomic mass is 10.1. The average Bonchev–Trinajstić information content (AvgIpc) is 3.38. The molecule has 1 unspecified atom stereocenters. The highest BCUT2D eigenvalue weighted by Gasteiger charge is 2.12. The van der Waals surface area contributed by atoms with Crippen LogP contribution < -0.4 is 10.6 Å². The summed E-state index contributed by atoms with van der Waals surface area (Å²) in [5.74, 6) is 1.84. The molecule has 3 aromatic heterocycles. The quantitative estimate of drug-likeness (QED) is 0.279. The molecule has 0 aliphatic heterocycles. The van der Waals surface area contributed by atoms with Gasteiger partial charge in [0.15, 0.2) is 0 Å². The van der Waals surface area contributed by atoms with Crippen molar-refractivity contribution in [3.63, 3.8) is 0 Å². The van der Waals surface area contributed by atoms with Gasteiger partial charge in [-0.3, -0.25) is 4.57 Å². The fourth-order valence-electron chi connectivity index (χ4n) is 4.16. The fraction of sp³-hybridized carbons (Fsp3) is 0.0690. The predicted octanol–water partition coefficient (Wildman–Crippen LogP) is 6.19. The Balaban J connectivity index is 1.25. The smallest absolute Gasteiger partial charge is 0.227 e. The van der Waals surface area contributed by atoms with Gasteiger partial charge in [-0.1, -0.05) is 54.6 Å². The van der Waals surface area contributed by atoms with Crippen molar-refractivity contribution in [2.75, 3.05) is 10.6 Å². The van der Waals surface area contributed by atoms with Crippen molar-refractivity contribution in [2.24, 2.45) is 0 Å². The molecule has 0 amide bonds. The third-order valence-electron chi connectivity index (χ3n) is 6.06. The molecule has 1 atom stereocenters. The van der Waals surface area contributed by atoms with Gasteiger partial charge in [-0.25, -0.2) is 19.9 Å². The molecule has 0 radical (unpaired) electrons. The summed E-state index contributed by atoms with van der Waals surface area (Å²) in [6, 6.07) is 30.0. The summed E-state index contributed by atoms with van der Waals surface area (Å²) in [6.45, 7) is 2.09. The summed E-state index contributed by atoms with van der Waals surface area (Å²) in [4.78, 5) is 22.8. The first-order valence-electron chi connectivity index (χ1n) is 12.0. The number of hydrogen-bond acceptors (Lipinski definition) is 7. The SMILES string of the molecule is CC(Nc1nccc(-n2cnc3cc(-c4ccnc(Nc5ccccc5)n4)ccc32)n1)c1ccccc1. The highest BCUT2D eigenvalue weighted by Crippen LogP contribution is 2.25. The molecule has 0 saturated carbocycles. The van der Waals surface area contributed by atoms with Crippen molar-refractivity contribution in [1.29, 1.82) is 0 Å². The summed E-state index contributed by atoms with van der Waals surface area (Å²) < 4.78 is 1.96. The lowest BCUT2D eigenvalue weighted by Gasteiger charge is -2.14. The van der Waals surface area contributed by atoms with E-state index in [1.807, 2.05) is 83.4 Å². The molecule has 3 aromatic carbocycles. The summed E-state index contributed by atoms with van der Waals surface area (Å²) in [7, 11) is 0. The van der Waals surface area contributed by atoms with E-state index in [0.717, 1.165) is 33.8 Å². The van der Waals surface area contributed by atoms with Gasteiger partial charge in [-0.05, 0) is 48.9 Å². The summed E-state index contributed by atoms with van der Waals surface area (Å²) >= 11 is 0. The molecule has 37 heavy (non-hydrogen) atoms. The second kappa shape index (κ2) is 9.87. The number of aromatic nitrogens is 6. The predicted molar refractivity (Wildman–Crippen MR) is 146 cm³/mol. The van der Waals surface area contributed by atoms with E-state index in [1.165, 1.54) is 5.56 Å². The van der Waals surface area contributed by atoms with Crippen molar-refractivity contribution in [2.45, 2.75) is 13.0 Å². The first-order chi connectivity index (χ1) is 18.2. The molecule has 180 valence electrons. The van der Waals surface area contributed by atoms with Crippen LogP contribution in [0.25, 0.3) is 28.1 Å². The fourth-order valence-corrected chi connectivity index (χ4v) is 4.16. The van der Waals surface area contributed by atoms with Crippen molar-refractivity contribution >= 4 is 28.6 Å². The van der Waals surface area contributed by atoms with Crippen LogP contribution in [-0.4, -0.2) is 29.5 Å². The molecule has 0 aliphatic rings. The monoisotopic (exact) mass is 484 g/mol. The highest BCUT2D eigenvalue weighted by atomic mass is 15.2. The summed E-state index contributed by atoms with van der Waals surface area (Å²) in [6.07, 6.45) is 5.29. The summed E-state index contributed by atoms with van der Waals surface area (Å²) in [5, 5.41) is 6.63. The molecule has 8 nitrogen and oxygen atoms in total. The Kier molecular flexibility index (Phi) is 5.96. The Hall–Kier alpha value is -5.11. The first kappa shape index (κ1) is 22.4. The van der Waals surface area contributed by atoms with Crippen LogP contribution in [0.1, 0.15) is 18.5 Å². The van der Waals surface area contributed by atoms with Gasteiger partial charge in [0.2, 0.25) is 11.9 Å². The third kappa shape index (κ3) is 4.85. The molecule has 8 heteroatoms. The van der Waals surface area contributed by atoms with E-state index >= 15 is 0 Å². The first-order valence-corrected chi connectivity index (χ1v) is 12.0. The number of para-hydroxylation sites is 1. The Morgan fingerprint density at radius 3 is 2.32 bits per heavy atom. The molecule has 0 spiro atoms. The number of anilines is 3. The van der Waals surface area contributed by atoms with E-state index in [2.05, 4.69) is 49.6 Å². The van der Waals surface area contributed by atoms with Crippen LogP contribution in [0.5, 0.6) is 0 Å². The van der Waals surface area contributed by atoms with E-state index in [1.54, 1.807) is 18.7 Å². The Bertz CT molecular complexity index is 1650. The minimum absolute atomic E-state index is 0.0765. The van der Waals surface area contributed by atoms with Crippen LogP contribution in [0.4, 0.5) is 17.6 Å². The zero-order valence-electron chi connectivity index (χ0n) is 20.2. The van der Waals surface area contributed by atoms with Crippen LogP contribution in [0.15, 0.2) is 110 Å². The zero-order valence-corrected chi connectivity index (χ0v) is 20.2. The maximum absolute atomic E-state index is 4.73. The Morgan fingerprint density at radius 1 is 0.730 bits per heavy atom. The van der Waals surface area contributed by atoms with E-state index < -0.39 is 0 Å². The van der Waals surface area contributed by atoms with Gasteiger partial charge < -0.3 is 10.6 Å². The second-order valence-electron chi connectivity index (χ2n) is 8.59. The lowest BCUT2D eigenvalue weighted by Crippen LogP contribution is -2.10.